The van der Waals surface area contributed by atoms with E-state index in [0.29, 0.717) is 0 Å². The summed E-state index contributed by atoms with van der Waals surface area (Å²) in [7, 11) is 0. The van der Waals surface area contributed by atoms with Gasteiger partial charge >= 0.3 is 0 Å². The molecule has 0 spiro atoms. The van der Waals surface area contributed by atoms with Crippen LogP contribution >= 0.6 is 0 Å². The first-order chi connectivity index (χ1) is 10.0. The van der Waals surface area contributed by atoms with Gasteiger partial charge in [0.05, 0.1) is 11.0 Å². The molecule has 0 saturated heterocycles. The molecule has 0 aliphatic heterocycles. The van der Waals surface area contributed by atoms with Crippen molar-refractivity contribution in [2.45, 2.75) is 33.4 Å². The van der Waals surface area contributed by atoms with E-state index in [-0.39, 0.29) is 6.04 Å². The molecule has 0 amide bonds. The molecule has 0 bridgehead atoms. The summed E-state index contributed by atoms with van der Waals surface area (Å²) >= 11 is 0. The molecule has 0 aliphatic carbocycles. The van der Waals surface area contributed by atoms with Gasteiger partial charge in [-0.05, 0) is 38.5 Å². The van der Waals surface area contributed by atoms with Crippen LogP contribution in [0.3, 0.4) is 0 Å². The van der Waals surface area contributed by atoms with E-state index in [1.54, 1.807) is 0 Å². The minimum absolute atomic E-state index is 0.0279. The lowest BCUT2D eigenvalue weighted by molar-refractivity contribution is 0.576. The van der Waals surface area contributed by atoms with Crippen molar-refractivity contribution in [3.05, 3.63) is 65.0 Å². The van der Waals surface area contributed by atoms with Crippen molar-refractivity contribution in [2.75, 3.05) is 0 Å². The van der Waals surface area contributed by atoms with Crippen LogP contribution in [0.25, 0.3) is 11.0 Å². The Morgan fingerprint density at radius 2 is 1.71 bits per heavy atom. The third-order valence-electron chi connectivity index (χ3n) is 3.90. The normalized spacial score (nSPS) is 12.8. The first-order valence-electron chi connectivity index (χ1n) is 7.30. The van der Waals surface area contributed by atoms with Crippen molar-refractivity contribution in [3.63, 3.8) is 0 Å². The monoisotopic (exact) mass is 279 g/mol. The zero-order chi connectivity index (χ0) is 15.0. The molecule has 0 aliphatic rings. The van der Waals surface area contributed by atoms with Crippen LogP contribution in [0.5, 0.6) is 0 Å². The van der Waals surface area contributed by atoms with Crippen molar-refractivity contribution in [3.8, 4) is 0 Å². The molecular weight excluding hydrogens is 258 g/mol. The molecule has 1 aromatic heterocycles. The summed E-state index contributed by atoms with van der Waals surface area (Å²) in [6, 6.07) is 14.7. The van der Waals surface area contributed by atoms with Gasteiger partial charge in [0, 0.05) is 12.6 Å². The van der Waals surface area contributed by atoms with Crippen LogP contribution in [0.2, 0.25) is 0 Å². The molecule has 1 atom stereocenters. The second kappa shape index (κ2) is 5.34. The minimum Gasteiger partial charge on any atom is -0.326 e. The number of imidazole rings is 1. The van der Waals surface area contributed by atoms with E-state index >= 15 is 0 Å². The largest absolute Gasteiger partial charge is 0.326 e. The van der Waals surface area contributed by atoms with E-state index in [9.17, 15) is 0 Å². The summed E-state index contributed by atoms with van der Waals surface area (Å²) in [5.41, 5.74) is 12.3. The lowest BCUT2D eigenvalue weighted by Gasteiger charge is -2.16. The molecule has 108 valence electrons. The first kappa shape index (κ1) is 13.8. The topological polar surface area (TPSA) is 43.8 Å². The van der Waals surface area contributed by atoms with Crippen LogP contribution in [0.15, 0.2) is 42.5 Å². The van der Waals surface area contributed by atoms with E-state index in [2.05, 4.69) is 47.7 Å². The number of hydrogen-bond donors (Lipinski definition) is 1. The maximum absolute atomic E-state index is 6.44. The minimum atomic E-state index is -0.0279. The van der Waals surface area contributed by atoms with Gasteiger partial charge < -0.3 is 10.3 Å². The summed E-state index contributed by atoms with van der Waals surface area (Å²) in [5, 5.41) is 0. The smallest absolute Gasteiger partial charge is 0.106 e. The molecule has 0 fully saturated rings. The highest BCUT2D eigenvalue weighted by molar-refractivity contribution is 5.75. The Balaban J connectivity index is 1.96. The van der Waals surface area contributed by atoms with Crippen LogP contribution in [0, 0.1) is 20.8 Å². The maximum Gasteiger partial charge on any atom is 0.106 e. The Morgan fingerprint density at radius 1 is 1.05 bits per heavy atom. The second-order valence-electron chi connectivity index (χ2n) is 5.79. The molecule has 1 heterocycles. The van der Waals surface area contributed by atoms with E-state index in [4.69, 9.17) is 5.73 Å². The quantitative estimate of drug-likeness (QED) is 0.795. The molecule has 3 heteroatoms. The van der Waals surface area contributed by atoms with Gasteiger partial charge in [-0.15, -0.1) is 0 Å². The van der Waals surface area contributed by atoms with Crippen molar-refractivity contribution >= 4 is 11.0 Å². The third-order valence-corrected chi connectivity index (χ3v) is 3.90. The number of hydrogen-bond acceptors (Lipinski definition) is 2. The number of para-hydroxylation sites is 2. The Hall–Kier alpha value is -2.13. The number of aryl methyl sites for hydroxylation is 3. The van der Waals surface area contributed by atoms with Crippen LogP contribution in [-0.2, 0) is 6.54 Å². The molecule has 2 N–H and O–H groups in total. The van der Waals surface area contributed by atoms with E-state index in [1.807, 2.05) is 25.1 Å². The van der Waals surface area contributed by atoms with E-state index < -0.39 is 0 Å². The average molecular weight is 279 g/mol. The van der Waals surface area contributed by atoms with Crippen molar-refractivity contribution in [1.82, 2.24) is 9.55 Å². The summed E-state index contributed by atoms with van der Waals surface area (Å²) in [6.07, 6.45) is 0. The number of nitrogens with zero attached hydrogens (tertiary/aromatic N) is 2. The lowest BCUT2D eigenvalue weighted by atomic mass is 10.0. The van der Waals surface area contributed by atoms with Crippen LogP contribution in [-0.4, -0.2) is 9.55 Å². The van der Waals surface area contributed by atoms with Crippen LogP contribution in [0.4, 0.5) is 0 Å². The van der Waals surface area contributed by atoms with Gasteiger partial charge in [-0.25, -0.2) is 4.98 Å². The van der Waals surface area contributed by atoms with Crippen LogP contribution in [0.1, 0.15) is 28.6 Å². The van der Waals surface area contributed by atoms with Crippen molar-refractivity contribution < 1.29 is 0 Å². The van der Waals surface area contributed by atoms with Gasteiger partial charge in [0.25, 0.3) is 0 Å². The highest BCUT2D eigenvalue weighted by Gasteiger charge is 2.12. The van der Waals surface area contributed by atoms with Gasteiger partial charge in [-0.1, -0.05) is 41.5 Å². The van der Waals surface area contributed by atoms with Gasteiger partial charge in [0.1, 0.15) is 5.82 Å². The molecule has 3 nitrogen and oxygen atoms in total. The maximum atomic E-state index is 6.44. The van der Waals surface area contributed by atoms with Gasteiger partial charge in [-0.2, -0.15) is 0 Å². The van der Waals surface area contributed by atoms with E-state index in [1.165, 1.54) is 16.7 Å². The Bertz CT molecular complexity index is 766. The summed E-state index contributed by atoms with van der Waals surface area (Å²) in [4.78, 5) is 4.60. The molecule has 21 heavy (non-hydrogen) atoms. The third kappa shape index (κ3) is 2.69. The fourth-order valence-corrected chi connectivity index (χ4v) is 2.95. The fraction of sp³-hybridized carbons (Fsp3) is 0.278. The number of fused-ring (bicyclic) bond motifs is 1. The molecule has 1 unspecified atom stereocenters. The number of benzene rings is 2. The van der Waals surface area contributed by atoms with Crippen LogP contribution < -0.4 is 5.73 Å². The first-order valence-corrected chi connectivity index (χ1v) is 7.30. The SMILES string of the molecule is Cc1cc(C)cc(C(N)Cn2c(C)nc3ccccc32)c1. The molecule has 0 saturated carbocycles. The Labute approximate surface area is 125 Å². The Kier molecular flexibility index (Phi) is 3.52. The number of nitrogens with two attached hydrogens (primary N) is 1. The molecule has 2 aromatic carbocycles. The predicted octanol–water partition coefficient (Wildman–Crippen LogP) is 3.66. The highest BCUT2D eigenvalue weighted by Crippen LogP contribution is 2.21. The fourth-order valence-electron chi connectivity index (χ4n) is 2.95. The zero-order valence-electron chi connectivity index (χ0n) is 12.8. The molecule has 3 aromatic rings. The lowest BCUT2D eigenvalue weighted by Crippen LogP contribution is -2.18. The number of rotatable bonds is 3. The van der Waals surface area contributed by atoms with Gasteiger partial charge in [-0.3, -0.25) is 0 Å². The van der Waals surface area contributed by atoms with Gasteiger partial charge in [0.15, 0.2) is 0 Å². The summed E-state index contributed by atoms with van der Waals surface area (Å²) in [6.45, 7) is 7.01. The highest BCUT2D eigenvalue weighted by atomic mass is 15.1. The standard InChI is InChI=1S/C18H21N3/c1-12-8-13(2)10-15(9-12)16(19)11-21-14(3)20-17-6-4-5-7-18(17)21/h4-10,16H,11,19H2,1-3H3. The predicted molar refractivity (Wildman–Crippen MR) is 87.3 cm³/mol. The zero-order valence-corrected chi connectivity index (χ0v) is 12.8. The van der Waals surface area contributed by atoms with Crippen molar-refractivity contribution in [1.29, 1.82) is 0 Å². The molecule has 0 radical (unpaired) electrons. The molecular formula is C18H21N3. The summed E-state index contributed by atoms with van der Waals surface area (Å²) in [5.74, 6) is 1.01. The van der Waals surface area contributed by atoms with Crippen molar-refractivity contribution in [2.24, 2.45) is 5.73 Å². The van der Waals surface area contributed by atoms with E-state index in [0.717, 1.165) is 23.4 Å². The summed E-state index contributed by atoms with van der Waals surface area (Å²) < 4.78 is 2.21. The Morgan fingerprint density at radius 3 is 2.43 bits per heavy atom. The number of aromatic nitrogens is 2. The second-order valence-corrected chi connectivity index (χ2v) is 5.79. The molecule has 3 rings (SSSR count). The average Bonchev–Trinajstić information content (AvgIpc) is 2.74. The van der Waals surface area contributed by atoms with Gasteiger partial charge in [0.2, 0.25) is 0 Å².